The fraction of sp³-hybridized carbons (Fsp3) is 0.357. The zero-order chi connectivity index (χ0) is 13.8. The molecule has 0 radical (unpaired) electrons. The maximum absolute atomic E-state index is 11.8. The molecule has 0 bridgehead atoms. The van der Waals surface area contributed by atoms with Crippen molar-refractivity contribution in [2.24, 2.45) is 5.41 Å². The molecule has 0 aliphatic heterocycles. The number of aromatic nitrogens is 1. The van der Waals surface area contributed by atoms with Crippen molar-refractivity contribution in [2.75, 3.05) is 7.11 Å². The van der Waals surface area contributed by atoms with Gasteiger partial charge in [0.2, 0.25) is 0 Å². The molecular formula is C14H15NO3. The van der Waals surface area contributed by atoms with Crippen LogP contribution in [0.5, 0.6) is 0 Å². The van der Waals surface area contributed by atoms with Gasteiger partial charge in [-0.25, -0.2) is 9.78 Å². The summed E-state index contributed by atoms with van der Waals surface area (Å²) in [7, 11) is 1.26. The van der Waals surface area contributed by atoms with E-state index in [4.69, 9.17) is 0 Å². The Kier molecular flexibility index (Phi) is 4.22. The Balaban J connectivity index is 3.00. The maximum atomic E-state index is 11.8. The maximum Gasteiger partial charge on any atom is 0.356 e. The standard InChI is InChI=1S/C14H15NO3/c1-14(2,3)9-8-12(16)10-6-5-7-11(15-10)13(17)18-4/h5-7H,1-4H3. The molecule has 0 aliphatic carbocycles. The van der Waals surface area contributed by atoms with Gasteiger partial charge in [-0.3, -0.25) is 4.79 Å². The lowest BCUT2D eigenvalue weighted by Gasteiger charge is -2.06. The van der Waals surface area contributed by atoms with Gasteiger partial charge in [0.05, 0.1) is 7.11 Å². The van der Waals surface area contributed by atoms with Crippen LogP contribution in [0.25, 0.3) is 0 Å². The molecule has 4 nitrogen and oxygen atoms in total. The lowest BCUT2D eigenvalue weighted by atomic mass is 9.97. The molecule has 0 fully saturated rings. The van der Waals surface area contributed by atoms with E-state index in [1.807, 2.05) is 20.8 Å². The van der Waals surface area contributed by atoms with Crippen LogP contribution in [0.4, 0.5) is 0 Å². The zero-order valence-corrected chi connectivity index (χ0v) is 10.9. The van der Waals surface area contributed by atoms with E-state index in [1.54, 1.807) is 6.07 Å². The third-order valence-corrected chi connectivity index (χ3v) is 1.93. The van der Waals surface area contributed by atoms with Gasteiger partial charge in [0.25, 0.3) is 5.78 Å². The first-order chi connectivity index (χ1) is 8.33. The molecule has 0 saturated carbocycles. The van der Waals surface area contributed by atoms with Crippen LogP contribution in [0, 0.1) is 17.3 Å². The van der Waals surface area contributed by atoms with Crippen LogP contribution in [0.1, 0.15) is 41.7 Å². The van der Waals surface area contributed by atoms with Crippen LogP contribution in [-0.2, 0) is 4.74 Å². The topological polar surface area (TPSA) is 56.3 Å². The second-order valence-electron chi connectivity index (χ2n) is 4.73. The summed E-state index contributed by atoms with van der Waals surface area (Å²) in [5.74, 6) is 4.36. The van der Waals surface area contributed by atoms with Crippen LogP contribution >= 0.6 is 0 Å². The monoisotopic (exact) mass is 245 g/mol. The Hall–Kier alpha value is -2.15. The molecular weight excluding hydrogens is 230 g/mol. The predicted molar refractivity (Wildman–Crippen MR) is 67.1 cm³/mol. The molecule has 94 valence electrons. The number of esters is 1. The summed E-state index contributed by atoms with van der Waals surface area (Å²) in [6.07, 6.45) is 0. The minimum absolute atomic E-state index is 0.0981. The van der Waals surface area contributed by atoms with E-state index in [0.29, 0.717) is 0 Å². The number of rotatable bonds is 2. The van der Waals surface area contributed by atoms with E-state index in [9.17, 15) is 9.59 Å². The normalized spacial score (nSPS) is 10.2. The van der Waals surface area contributed by atoms with Crippen molar-refractivity contribution in [3.8, 4) is 11.8 Å². The van der Waals surface area contributed by atoms with Gasteiger partial charge in [0.15, 0.2) is 0 Å². The van der Waals surface area contributed by atoms with Crippen LogP contribution in [-0.4, -0.2) is 23.8 Å². The quantitative estimate of drug-likeness (QED) is 0.346. The molecule has 0 aliphatic rings. The molecule has 0 spiro atoms. The lowest BCUT2D eigenvalue weighted by molar-refractivity contribution is 0.0594. The SMILES string of the molecule is COC(=O)c1cccc(C(=O)C#CC(C)(C)C)n1. The number of hydrogen-bond donors (Lipinski definition) is 0. The first-order valence-electron chi connectivity index (χ1n) is 5.46. The Bertz CT molecular complexity index is 530. The fourth-order valence-corrected chi connectivity index (χ4v) is 1.09. The average molecular weight is 245 g/mol. The highest BCUT2D eigenvalue weighted by molar-refractivity contribution is 6.08. The molecule has 0 amide bonds. The van der Waals surface area contributed by atoms with Gasteiger partial charge in [-0.15, -0.1) is 0 Å². The molecule has 0 aromatic carbocycles. The third-order valence-electron chi connectivity index (χ3n) is 1.93. The summed E-state index contributed by atoms with van der Waals surface area (Å²) in [6.45, 7) is 5.72. The molecule has 4 heteroatoms. The first-order valence-corrected chi connectivity index (χ1v) is 5.46. The molecule has 0 unspecified atom stereocenters. The van der Waals surface area contributed by atoms with E-state index < -0.39 is 11.8 Å². The van der Waals surface area contributed by atoms with Crippen molar-refractivity contribution in [1.82, 2.24) is 4.98 Å². The summed E-state index contributed by atoms with van der Waals surface area (Å²) in [5.41, 5.74) is -0.00846. The third kappa shape index (κ3) is 4.02. The summed E-state index contributed by atoms with van der Waals surface area (Å²) in [4.78, 5) is 27.0. The Morgan fingerprint density at radius 2 is 1.83 bits per heavy atom. The second-order valence-corrected chi connectivity index (χ2v) is 4.73. The van der Waals surface area contributed by atoms with Crippen molar-refractivity contribution < 1.29 is 14.3 Å². The molecule has 18 heavy (non-hydrogen) atoms. The van der Waals surface area contributed by atoms with Gasteiger partial charge in [-0.2, -0.15) is 0 Å². The summed E-state index contributed by atoms with van der Waals surface area (Å²) >= 11 is 0. The smallest absolute Gasteiger partial charge is 0.356 e. The number of nitrogens with zero attached hydrogens (tertiary/aromatic N) is 1. The Morgan fingerprint density at radius 3 is 2.39 bits per heavy atom. The van der Waals surface area contributed by atoms with Crippen molar-refractivity contribution in [1.29, 1.82) is 0 Å². The lowest BCUT2D eigenvalue weighted by Crippen LogP contribution is -2.09. The van der Waals surface area contributed by atoms with Gasteiger partial charge < -0.3 is 4.74 Å². The Labute approximate surface area is 106 Å². The molecule has 0 saturated heterocycles. The van der Waals surface area contributed by atoms with Crippen LogP contribution in [0.2, 0.25) is 0 Å². The molecule has 1 heterocycles. The van der Waals surface area contributed by atoms with Crippen molar-refractivity contribution in [3.05, 3.63) is 29.6 Å². The number of ether oxygens (including phenoxy) is 1. The minimum atomic E-state index is -0.576. The number of Topliss-reactive ketones (excluding diaryl/α,β-unsaturated/α-hetero) is 1. The van der Waals surface area contributed by atoms with Crippen LogP contribution in [0.15, 0.2) is 18.2 Å². The predicted octanol–water partition coefficient (Wildman–Crippen LogP) is 2.10. The highest BCUT2D eigenvalue weighted by Crippen LogP contribution is 2.10. The van der Waals surface area contributed by atoms with Crippen molar-refractivity contribution >= 4 is 11.8 Å². The highest BCUT2D eigenvalue weighted by atomic mass is 16.5. The van der Waals surface area contributed by atoms with Gasteiger partial charge in [-0.1, -0.05) is 12.0 Å². The molecule has 1 aromatic rings. The van der Waals surface area contributed by atoms with E-state index in [0.717, 1.165) is 0 Å². The van der Waals surface area contributed by atoms with Crippen molar-refractivity contribution in [2.45, 2.75) is 20.8 Å². The minimum Gasteiger partial charge on any atom is -0.464 e. The van der Waals surface area contributed by atoms with E-state index in [2.05, 4.69) is 21.6 Å². The van der Waals surface area contributed by atoms with E-state index in [-0.39, 0.29) is 16.8 Å². The summed E-state index contributed by atoms with van der Waals surface area (Å²) in [6, 6.07) is 4.58. The number of ketones is 1. The van der Waals surface area contributed by atoms with E-state index in [1.165, 1.54) is 19.2 Å². The fourth-order valence-electron chi connectivity index (χ4n) is 1.09. The molecule has 0 N–H and O–H groups in total. The summed E-state index contributed by atoms with van der Waals surface area (Å²) in [5, 5.41) is 0. The second kappa shape index (κ2) is 5.46. The first kappa shape index (κ1) is 13.9. The van der Waals surface area contributed by atoms with Gasteiger partial charge in [-0.05, 0) is 38.8 Å². The van der Waals surface area contributed by atoms with Crippen LogP contribution in [0.3, 0.4) is 0 Å². The van der Waals surface area contributed by atoms with Crippen LogP contribution < -0.4 is 0 Å². The molecule has 1 aromatic heterocycles. The zero-order valence-electron chi connectivity index (χ0n) is 10.9. The largest absolute Gasteiger partial charge is 0.464 e. The van der Waals surface area contributed by atoms with Gasteiger partial charge in [0.1, 0.15) is 11.4 Å². The average Bonchev–Trinajstić information content (AvgIpc) is 2.34. The van der Waals surface area contributed by atoms with E-state index >= 15 is 0 Å². The molecule has 0 atom stereocenters. The Morgan fingerprint density at radius 1 is 1.22 bits per heavy atom. The number of pyridine rings is 1. The number of methoxy groups -OCH3 is 1. The van der Waals surface area contributed by atoms with Crippen molar-refractivity contribution in [3.63, 3.8) is 0 Å². The number of carbonyl (C=O) groups is 2. The molecule has 1 rings (SSSR count). The van der Waals surface area contributed by atoms with Gasteiger partial charge >= 0.3 is 5.97 Å². The number of carbonyl (C=O) groups excluding carboxylic acids is 2. The van der Waals surface area contributed by atoms with Gasteiger partial charge in [0, 0.05) is 5.41 Å². The summed E-state index contributed by atoms with van der Waals surface area (Å²) < 4.78 is 4.54. The number of hydrogen-bond acceptors (Lipinski definition) is 4. The highest BCUT2D eigenvalue weighted by Gasteiger charge is 2.11.